The van der Waals surface area contributed by atoms with E-state index in [0.29, 0.717) is 36.5 Å². The largest absolute Gasteiger partial charge is 0.492 e. The van der Waals surface area contributed by atoms with E-state index in [9.17, 15) is 15.5 Å². The standard InChI is InChI=1S/C21H24F4INO3S/c1-21(2)29-12-18(30-21)19-14(11-27)10-17(20-16(19)8-9-28-20)13-4-6-15(7-5-13)31(22,23,24,25)26-3/h4-7,10,18H,3,8-9,11-12,27H2,1-2H3. The van der Waals surface area contributed by atoms with Gasteiger partial charge in [0.1, 0.15) is 11.9 Å². The van der Waals surface area contributed by atoms with E-state index in [1.807, 2.05) is 19.9 Å². The molecule has 1 atom stereocenters. The second-order valence-corrected chi connectivity index (χ2v) is 17.8. The molecule has 0 bridgehead atoms. The Labute approximate surface area is 186 Å². The van der Waals surface area contributed by atoms with Crippen LogP contribution in [0, 0.1) is 0 Å². The van der Waals surface area contributed by atoms with Crippen molar-refractivity contribution in [2.45, 2.75) is 43.6 Å². The van der Waals surface area contributed by atoms with Crippen LogP contribution in [0.1, 0.15) is 36.6 Å². The zero-order chi connectivity index (χ0) is 22.7. The predicted molar refractivity (Wildman–Crippen MR) is 124 cm³/mol. The lowest BCUT2D eigenvalue weighted by Gasteiger charge is -2.45. The van der Waals surface area contributed by atoms with Gasteiger partial charge in [0.2, 0.25) is 7.01 Å². The topological polar surface area (TPSA) is 53.7 Å². The van der Waals surface area contributed by atoms with Crippen molar-refractivity contribution in [3.63, 3.8) is 0 Å². The monoisotopic (exact) mass is 573 g/mol. The molecule has 2 aromatic rings. The fourth-order valence-corrected chi connectivity index (χ4v) is 6.77. The highest BCUT2D eigenvalue weighted by Crippen LogP contribution is 3.07. The molecule has 2 N–H and O–H groups in total. The average molecular weight is 573 g/mol. The van der Waals surface area contributed by atoms with Crippen LogP contribution in [0.25, 0.3) is 11.1 Å². The lowest BCUT2D eigenvalue weighted by Crippen LogP contribution is -2.20. The second-order valence-electron chi connectivity index (χ2n) is 8.03. The lowest BCUT2D eigenvalue weighted by molar-refractivity contribution is -0.139. The molecule has 0 saturated carbocycles. The van der Waals surface area contributed by atoms with Crippen molar-refractivity contribution in [3.8, 4) is 16.9 Å². The van der Waals surface area contributed by atoms with Crippen molar-refractivity contribution in [3.05, 3.63) is 47.0 Å². The Morgan fingerprint density at radius 2 is 1.87 bits per heavy atom. The van der Waals surface area contributed by atoms with E-state index in [1.54, 1.807) is 0 Å². The highest BCUT2D eigenvalue weighted by atomic mass is 127. The number of ether oxygens (including phenoxy) is 3. The molecule has 0 amide bonds. The third-order valence-electron chi connectivity index (χ3n) is 5.49. The van der Waals surface area contributed by atoms with Gasteiger partial charge in [-0.2, -0.15) is 0 Å². The van der Waals surface area contributed by atoms with Gasteiger partial charge in [-0.1, -0.05) is 16.6 Å². The van der Waals surface area contributed by atoms with E-state index >= 15 is 0 Å². The van der Waals surface area contributed by atoms with Crippen molar-refractivity contribution in [2.24, 2.45) is 5.73 Å². The Kier molecular flexibility index (Phi) is 5.11. The molecule has 1 fully saturated rings. The quantitative estimate of drug-likeness (QED) is 0.321. The van der Waals surface area contributed by atoms with Gasteiger partial charge >= 0.3 is 0 Å². The first-order valence-electron chi connectivity index (χ1n) is 9.63. The maximum Gasteiger partial charge on any atom is 0.223 e. The third kappa shape index (κ3) is 4.12. The Hall–Kier alpha value is -1.21. The summed E-state index contributed by atoms with van der Waals surface area (Å²) in [7, 11) is -8.26. The summed E-state index contributed by atoms with van der Waals surface area (Å²) >= 11 is -2.85. The minimum Gasteiger partial charge on any atom is -0.492 e. The second kappa shape index (κ2) is 6.89. The molecule has 10 heteroatoms. The van der Waals surface area contributed by atoms with Crippen LogP contribution in [-0.2, 0) is 22.4 Å². The van der Waals surface area contributed by atoms with E-state index < -0.39 is 37.0 Å². The molecule has 1 unspecified atom stereocenters. The van der Waals surface area contributed by atoms with Crippen molar-refractivity contribution >= 4 is 30.9 Å². The minimum atomic E-state index is -8.26. The Bertz CT molecular complexity index is 1070. The molecule has 31 heavy (non-hydrogen) atoms. The molecule has 1 saturated heterocycles. The van der Waals surface area contributed by atoms with E-state index in [0.717, 1.165) is 28.8 Å². The Morgan fingerprint density at radius 3 is 2.42 bits per heavy atom. The SMILES string of the molecule is C=IS(F)(F)(F)(F)c1ccc(-c2cc(CN)c(C3COC(C)(C)O3)c3c2OCC3)cc1. The number of rotatable bonds is 5. The molecule has 2 aromatic carbocycles. The van der Waals surface area contributed by atoms with Crippen molar-refractivity contribution < 1.29 is 29.8 Å². The van der Waals surface area contributed by atoms with Crippen molar-refractivity contribution in [1.82, 2.24) is 0 Å². The number of benzene rings is 2. The molecule has 0 spiro atoms. The molecule has 0 radical (unpaired) electrons. The molecule has 2 aliphatic rings. The molecule has 4 nitrogen and oxygen atoms in total. The van der Waals surface area contributed by atoms with Gasteiger partial charge in [-0.15, -0.1) is 15.5 Å². The van der Waals surface area contributed by atoms with Gasteiger partial charge in [0.05, 0.1) is 18.1 Å². The third-order valence-corrected chi connectivity index (χ3v) is 12.4. The van der Waals surface area contributed by atoms with Gasteiger partial charge in [0.15, 0.2) is 5.79 Å². The van der Waals surface area contributed by atoms with Crippen molar-refractivity contribution in [1.29, 1.82) is 0 Å². The summed E-state index contributed by atoms with van der Waals surface area (Å²) in [5.41, 5.74) is 9.83. The first kappa shape index (κ1) is 23.0. The zero-order valence-electron chi connectivity index (χ0n) is 17.1. The van der Waals surface area contributed by atoms with Crippen molar-refractivity contribution in [2.75, 3.05) is 13.2 Å². The summed E-state index contributed by atoms with van der Waals surface area (Å²) in [6, 6.07) is 5.98. The maximum atomic E-state index is 14.1. The molecule has 2 heterocycles. The van der Waals surface area contributed by atoms with Crippen LogP contribution in [0.15, 0.2) is 35.2 Å². The summed E-state index contributed by atoms with van der Waals surface area (Å²) in [5, 5.41) is 0. The highest BCUT2D eigenvalue weighted by Gasteiger charge is 2.62. The molecule has 0 aromatic heterocycles. The van der Waals surface area contributed by atoms with E-state index in [2.05, 4.69) is 4.51 Å². The highest BCUT2D eigenvalue weighted by molar-refractivity contribution is 14.2. The van der Waals surface area contributed by atoms with E-state index in [1.165, 1.54) is 12.1 Å². The zero-order valence-corrected chi connectivity index (χ0v) is 20.1. The molecule has 2 aliphatic heterocycles. The van der Waals surface area contributed by atoms with Gasteiger partial charge in [0.25, 0.3) is 0 Å². The summed E-state index contributed by atoms with van der Waals surface area (Å²) in [6.07, 6.45) is 0.333. The van der Waals surface area contributed by atoms with Gasteiger partial charge in [-0.3, -0.25) is 0 Å². The number of hydrogen-bond acceptors (Lipinski definition) is 4. The fourth-order valence-electron chi connectivity index (χ4n) is 4.03. The first-order chi connectivity index (χ1) is 14.3. The number of halogens is 5. The molecule has 0 aliphatic carbocycles. The van der Waals surface area contributed by atoms with Crippen LogP contribution >= 0.6 is 26.4 Å². The normalized spacial score (nSPS) is 22.5. The van der Waals surface area contributed by atoms with Gasteiger partial charge in [-0.05, 0) is 48.7 Å². The van der Waals surface area contributed by atoms with Crippen LogP contribution in [-0.4, -0.2) is 23.5 Å². The van der Waals surface area contributed by atoms with Crippen LogP contribution in [0.4, 0.5) is 15.5 Å². The Balaban J connectivity index is 1.81. The van der Waals surface area contributed by atoms with Crippen LogP contribution in [0.3, 0.4) is 0 Å². The van der Waals surface area contributed by atoms with E-state index in [4.69, 9.17) is 19.9 Å². The smallest absolute Gasteiger partial charge is 0.223 e. The lowest BCUT2D eigenvalue weighted by atomic mass is 9.90. The average Bonchev–Trinajstić information content (AvgIpc) is 3.32. The van der Waals surface area contributed by atoms with E-state index in [-0.39, 0.29) is 12.6 Å². The summed E-state index contributed by atoms with van der Waals surface area (Å²) in [4.78, 5) is -1.24. The number of fused-ring (bicyclic) bond motifs is 1. The fraction of sp³-hybridized carbons (Fsp3) is 0.381. The summed E-state index contributed by atoms with van der Waals surface area (Å²) in [5.74, 6) is -0.113. The first-order valence-corrected chi connectivity index (χ1v) is 15.7. The molecule has 172 valence electrons. The molecular formula is C21H24F4INO3S. The summed E-state index contributed by atoms with van der Waals surface area (Å²) < 4.78 is 77.0. The van der Waals surface area contributed by atoms with Crippen LogP contribution in [0.5, 0.6) is 5.75 Å². The Morgan fingerprint density at radius 1 is 1.19 bits per heavy atom. The number of nitrogens with two attached hydrogens (primary N) is 1. The van der Waals surface area contributed by atoms with Crippen LogP contribution < -0.4 is 10.5 Å². The minimum absolute atomic E-state index is 0.223. The van der Waals surface area contributed by atoms with Crippen LogP contribution in [0.2, 0.25) is 0 Å². The van der Waals surface area contributed by atoms with Gasteiger partial charge < -0.3 is 19.9 Å². The number of hydrogen-bond donors (Lipinski definition) is 1. The predicted octanol–water partition coefficient (Wildman–Crippen LogP) is 6.66. The molecule has 4 rings (SSSR count). The maximum absolute atomic E-state index is 14.1. The van der Waals surface area contributed by atoms with Gasteiger partial charge in [0, 0.05) is 43.4 Å². The summed E-state index contributed by atoms with van der Waals surface area (Å²) in [6.45, 7) is 4.72. The van der Waals surface area contributed by atoms with Gasteiger partial charge in [-0.25, -0.2) is 0 Å². The molecular weight excluding hydrogens is 549 g/mol.